The van der Waals surface area contributed by atoms with Crippen LogP contribution < -0.4 is 15.6 Å². The van der Waals surface area contributed by atoms with Gasteiger partial charge in [0.1, 0.15) is 11.5 Å². The molecule has 2 aliphatic heterocycles. The summed E-state index contributed by atoms with van der Waals surface area (Å²) in [5, 5.41) is 31.2. The van der Waals surface area contributed by atoms with Gasteiger partial charge in [0.25, 0.3) is 5.56 Å². The fourth-order valence-corrected chi connectivity index (χ4v) is 3.94. The summed E-state index contributed by atoms with van der Waals surface area (Å²) in [6.45, 7) is 2.98. The summed E-state index contributed by atoms with van der Waals surface area (Å²) in [6, 6.07) is 3.57. The van der Waals surface area contributed by atoms with Gasteiger partial charge in [0.05, 0.1) is 18.8 Å². The summed E-state index contributed by atoms with van der Waals surface area (Å²) in [6.07, 6.45) is 2.55. The number of aliphatic hydroxyl groups excluding tert-OH is 1. The molecule has 2 aliphatic rings. The van der Waals surface area contributed by atoms with Crippen LogP contribution in [-0.4, -0.2) is 68.8 Å². The molecule has 1 atom stereocenters. The Labute approximate surface area is 162 Å². The summed E-state index contributed by atoms with van der Waals surface area (Å²) in [4.78, 5) is 15.0. The number of ether oxygens (including phenoxy) is 1. The normalized spacial score (nSPS) is 19.3. The molecule has 0 saturated carbocycles. The molecule has 0 spiro atoms. The number of rotatable bonds is 5. The molecule has 9 nitrogen and oxygen atoms in total. The van der Waals surface area contributed by atoms with Crippen molar-refractivity contribution in [3.63, 3.8) is 0 Å². The van der Waals surface area contributed by atoms with Gasteiger partial charge in [0.15, 0.2) is 5.82 Å². The van der Waals surface area contributed by atoms with E-state index in [1.54, 1.807) is 19.2 Å². The average Bonchev–Trinajstić information content (AvgIpc) is 3.17. The number of hydrogen-bond acceptors (Lipinski definition) is 8. The smallest absolute Gasteiger partial charge is 0.296 e. The van der Waals surface area contributed by atoms with E-state index in [1.807, 2.05) is 0 Å². The van der Waals surface area contributed by atoms with Gasteiger partial charge < -0.3 is 20.3 Å². The highest BCUT2D eigenvalue weighted by Crippen LogP contribution is 2.39. The lowest BCUT2D eigenvalue weighted by molar-refractivity contribution is 0.166. The SMILES string of the molecule is Cn1c(-c2ccc3c(c2O)CCO3)nnc(N[C@@H]2CCCN(CCO)C2)c1=O. The lowest BCUT2D eigenvalue weighted by Gasteiger charge is -2.32. The Bertz CT molecular complexity index is 927. The van der Waals surface area contributed by atoms with Crippen LogP contribution in [0.1, 0.15) is 18.4 Å². The fraction of sp³-hybridized carbons (Fsp3) is 0.526. The Morgan fingerprint density at radius 3 is 3.04 bits per heavy atom. The van der Waals surface area contributed by atoms with E-state index in [2.05, 4.69) is 20.4 Å². The van der Waals surface area contributed by atoms with Gasteiger partial charge in [0, 0.05) is 38.2 Å². The lowest BCUT2D eigenvalue weighted by Crippen LogP contribution is -2.44. The van der Waals surface area contributed by atoms with E-state index in [9.17, 15) is 9.90 Å². The van der Waals surface area contributed by atoms with Crippen molar-refractivity contribution in [3.8, 4) is 22.9 Å². The standard InChI is InChI=1S/C19H25N5O4/c1-23-18(14-4-5-15-13(16(14)26)6-10-28-15)22-21-17(19(23)27)20-12-3-2-7-24(11-12)8-9-25/h4-5,12,25-26H,2-3,6-11H2,1H3,(H,20,21)/t12-/m1/s1. The largest absolute Gasteiger partial charge is 0.507 e. The van der Waals surface area contributed by atoms with Crippen molar-refractivity contribution in [1.29, 1.82) is 0 Å². The molecule has 0 radical (unpaired) electrons. The molecule has 150 valence electrons. The maximum Gasteiger partial charge on any atom is 0.296 e. The Morgan fingerprint density at radius 1 is 1.36 bits per heavy atom. The molecule has 9 heteroatoms. The van der Waals surface area contributed by atoms with Gasteiger partial charge in [-0.1, -0.05) is 0 Å². The van der Waals surface area contributed by atoms with Crippen LogP contribution in [0, 0.1) is 0 Å². The van der Waals surface area contributed by atoms with Gasteiger partial charge in [-0.2, -0.15) is 0 Å². The maximum atomic E-state index is 12.8. The van der Waals surface area contributed by atoms with Crippen LogP contribution in [0.4, 0.5) is 5.82 Å². The highest BCUT2D eigenvalue weighted by Gasteiger charge is 2.24. The predicted octanol–water partition coefficient (Wildman–Crippen LogP) is 0.351. The molecule has 4 rings (SSSR count). The first-order chi connectivity index (χ1) is 13.6. The molecule has 0 amide bonds. The highest BCUT2D eigenvalue weighted by molar-refractivity contribution is 5.69. The average molecular weight is 387 g/mol. The maximum absolute atomic E-state index is 12.8. The number of aromatic hydroxyl groups is 1. The summed E-state index contributed by atoms with van der Waals surface area (Å²) < 4.78 is 6.86. The van der Waals surface area contributed by atoms with E-state index >= 15 is 0 Å². The quantitative estimate of drug-likeness (QED) is 0.674. The van der Waals surface area contributed by atoms with E-state index in [-0.39, 0.29) is 29.8 Å². The number of likely N-dealkylation sites (tertiary alicyclic amines) is 1. The zero-order valence-corrected chi connectivity index (χ0v) is 15.9. The van der Waals surface area contributed by atoms with E-state index in [0.29, 0.717) is 36.7 Å². The number of anilines is 1. The monoisotopic (exact) mass is 387 g/mol. The summed E-state index contributed by atoms with van der Waals surface area (Å²) in [5.74, 6) is 1.27. The second-order valence-corrected chi connectivity index (χ2v) is 7.28. The van der Waals surface area contributed by atoms with Crippen LogP contribution in [0.3, 0.4) is 0 Å². The van der Waals surface area contributed by atoms with Crippen molar-refractivity contribution in [2.24, 2.45) is 7.05 Å². The Hall–Kier alpha value is -2.65. The van der Waals surface area contributed by atoms with Crippen LogP contribution >= 0.6 is 0 Å². The molecule has 3 N–H and O–H groups in total. The molecule has 0 unspecified atom stereocenters. The molecule has 1 saturated heterocycles. The van der Waals surface area contributed by atoms with Gasteiger partial charge in [-0.25, -0.2) is 0 Å². The second-order valence-electron chi connectivity index (χ2n) is 7.28. The Morgan fingerprint density at radius 2 is 2.21 bits per heavy atom. The van der Waals surface area contributed by atoms with Gasteiger partial charge in [-0.05, 0) is 31.5 Å². The number of fused-ring (bicyclic) bond motifs is 1. The van der Waals surface area contributed by atoms with E-state index < -0.39 is 0 Å². The van der Waals surface area contributed by atoms with Crippen molar-refractivity contribution in [3.05, 3.63) is 28.0 Å². The third-order valence-corrected chi connectivity index (χ3v) is 5.42. The first-order valence-electron chi connectivity index (χ1n) is 9.60. The van der Waals surface area contributed by atoms with Crippen molar-refractivity contribution in [2.75, 3.05) is 38.2 Å². The molecule has 0 bridgehead atoms. The number of nitrogens with one attached hydrogen (secondary N) is 1. The molecule has 0 aliphatic carbocycles. The van der Waals surface area contributed by atoms with Crippen LogP contribution in [0.5, 0.6) is 11.5 Å². The molecule has 28 heavy (non-hydrogen) atoms. The molecule has 1 fully saturated rings. The zero-order chi connectivity index (χ0) is 19.7. The van der Waals surface area contributed by atoms with E-state index in [4.69, 9.17) is 9.84 Å². The number of phenols is 1. The van der Waals surface area contributed by atoms with Gasteiger partial charge in [0.2, 0.25) is 5.82 Å². The van der Waals surface area contributed by atoms with Crippen LogP contribution in [0.25, 0.3) is 11.4 Å². The minimum atomic E-state index is -0.291. The number of phenolic OH excluding ortho intramolecular Hbond substituents is 1. The minimum absolute atomic E-state index is 0.0821. The Balaban J connectivity index is 1.59. The third kappa shape index (κ3) is 3.43. The van der Waals surface area contributed by atoms with Crippen molar-refractivity contribution < 1.29 is 14.9 Å². The molecular weight excluding hydrogens is 362 g/mol. The number of nitrogens with zero attached hydrogens (tertiary/aromatic N) is 4. The molecule has 1 aromatic carbocycles. The van der Waals surface area contributed by atoms with E-state index in [0.717, 1.165) is 31.5 Å². The molecule has 3 heterocycles. The third-order valence-electron chi connectivity index (χ3n) is 5.42. The van der Waals surface area contributed by atoms with Gasteiger partial charge in [-0.3, -0.25) is 14.3 Å². The molecule has 1 aromatic heterocycles. The number of aromatic nitrogens is 3. The summed E-state index contributed by atoms with van der Waals surface area (Å²) >= 11 is 0. The van der Waals surface area contributed by atoms with Gasteiger partial charge in [-0.15, -0.1) is 10.2 Å². The molecule has 2 aromatic rings. The summed E-state index contributed by atoms with van der Waals surface area (Å²) in [5.41, 5.74) is 0.912. The zero-order valence-electron chi connectivity index (χ0n) is 15.9. The predicted molar refractivity (Wildman–Crippen MR) is 104 cm³/mol. The van der Waals surface area contributed by atoms with Crippen molar-refractivity contribution in [1.82, 2.24) is 19.7 Å². The van der Waals surface area contributed by atoms with E-state index in [1.165, 1.54) is 4.57 Å². The van der Waals surface area contributed by atoms with Gasteiger partial charge >= 0.3 is 0 Å². The first-order valence-corrected chi connectivity index (χ1v) is 9.60. The molecular formula is C19H25N5O4. The number of piperidine rings is 1. The first kappa shape index (κ1) is 18.7. The number of aliphatic hydroxyl groups is 1. The number of benzene rings is 1. The summed E-state index contributed by atoms with van der Waals surface area (Å²) in [7, 11) is 1.62. The number of β-amino-alcohol motifs (C(OH)–C–C–N with tert-alkyl or cyclic N) is 1. The van der Waals surface area contributed by atoms with Crippen LogP contribution in [-0.2, 0) is 13.5 Å². The van der Waals surface area contributed by atoms with Crippen LogP contribution in [0.2, 0.25) is 0 Å². The second kappa shape index (κ2) is 7.76. The van der Waals surface area contributed by atoms with Crippen molar-refractivity contribution in [2.45, 2.75) is 25.3 Å². The minimum Gasteiger partial charge on any atom is -0.507 e. The highest BCUT2D eigenvalue weighted by atomic mass is 16.5. The lowest BCUT2D eigenvalue weighted by atomic mass is 10.1. The van der Waals surface area contributed by atoms with Crippen LogP contribution in [0.15, 0.2) is 16.9 Å². The van der Waals surface area contributed by atoms with Crippen molar-refractivity contribution >= 4 is 5.82 Å². The topological polar surface area (TPSA) is 113 Å². The Kier molecular flexibility index (Phi) is 5.19. The number of hydrogen-bond donors (Lipinski definition) is 3. The fourth-order valence-electron chi connectivity index (χ4n) is 3.94.